The largest absolute Gasteiger partial charge is 0.264 e. The summed E-state index contributed by atoms with van der Waals surface area (Å²) in [6, 6.07) is 12.8. The molecule has 3 heterocycles. The van der Waals surface area contributed by atoms with Crippen molar-refractivity contribution in [3.05, 3.63) is 115 Å². The van der Waals surface area contributed by atoms with Crippen LogP contribution in [0, 0.1) is 0 Å². The minimum absolute atomic E-state index is 0.996. The first-order chi connectivity index (χ1) is 18.9. The van der Waals surface area contributed by atoms with Crippen LogP contribution in [0.3, 0.4) is 0 Å². The Morgan fingerprint density at radius 2 is 1.18 bits per heavy atom. The average molecular weight is 511 g/mol. The van der Waals surface area contributed by atoms with Gasteiger partial charge in [-0.25, -0.2) is 4.57 Å². The fourth-order valence-electron chi connectivity index (χ4n) is 4.78. The predicted octanol–water partition coefficient (Wildman–Crippen LogP) is 8.59. The van der Waals surface area contributed by atoms with Gasteiger partial charge in [-0.2, -0.15) is 0 Å². The Bertz CT molecular complexity index is 1030. The predicted molar refractivity (Wildman–Crippen MR) is 160 cm³/mol. The van der Waals surface area contributed by atoms with Gasteiger partial charge in [-0.1, -0.05) is 62.1 Å². The van der Waals surface area contributed by atoms with Crippen LogP contribution in [0.25, 0.3) is 0 Å². The first kappa shape index (κ1) is 29.5. The molecule has 3 rings (SSSR count). The zero-order valence-corrected chi connectivity index (χ0v) is 23.4. The van der Waals surface area contributed by atoms with E-state index in [-0.39, 0.29) is 0 Å². The van der Waals surface area contributed by atoms with Gasteiger partial charge in [0.1, 0.15) is 6.54 Å². The van der Waals surface area contributed by atoms with Crippen LogP contribution in [0.2, 0.25) is 0 Å². The summed E-state index contributed by atoms with van der Waals surface area (Å²) < 4.78 is 2.40. The second-order valence-electron chi connectivity index (χ2n) is 10.4. The first-order valence-corrected chi connectivity index (χ1v) is 15.0. The normalized spacial score (nSPS) is 11.6. The van der Waals surface area contributed by atoms with Gasteiger partial charge in [-0.3, -0.25) is 9.97 Å². The van der Waals surface area contributed by atoms with Gasteiger partial charge in [0, 0.05) is 42.8 Å². The highest BCUT2D eigenvalue weighted by molar-refractivity contribution is 5.12. The van der Waals surface area contributed by atoms with Gasteiger partial charge in [-0.05, 0) is 93.5 Å². The lowest BCUT2D eigenvalue weighted by molar-refractivity contribution is -0.697. The standard InChI is InChI=1S/C35H48N3/c1(5-9-13-20-33-23-17-26-36-30-33)2-7-11-15-22-35-25-19-29-38(32-35)28-16-12-8-4-3-6-10-14-21-34-24-18-27-37-31-34/h5,9-10,14,17-19,23-27,29-32H,1-4,6-8,11-13,15-16,20-22,28H2/q+1/b9-5-,14-10-. The second-order valence-corrected chi connectivity index (χ2v) is 10.4. The molecular weight excluding hydrogens is 462 g/mol. The molecule has 0 bridgehead atoms. The maximum Gasteiger partial charge on any atom is 0.171 e. The molecule has 0 amide bonds. The average Bonchev–Trinajstić information content (AvgIpc) is 2.96. The zero-order valence-electron chi connectivity index (χ0n) is 23.4. The van der Waals surface area contributed by atoms with Gasteiger partial charge in [-0.15, -0.1) is 0 Å². The SMILES string of the molecule is C(=C/Cc1cccnc1)/CCCCCCC[n+]1cccc(CCCCCC/C=C\CCc2cccnc2)c1. The Morgan fingerprint density at radius 1 is 0.553 bits per heavy atom. The van der Waals surface area contributed by atoms with Crippen LogP contribution in [0.15, 0.2) is 97.9 Å². The molecule has 0 fully saturated rings. The highest BCUT2D eigenvalue weighted by atomic mass is 14.9. The highest BCUT2D eigenvalue weighted by Crippen LogP contribution is 2.10. The summed E-state index contributed by atoms with van der Waals surface area (Å²) in [5, 5.41) is 0. The van der Waals surface area contributed by atoms with Crippen molar-refractivity contribution < 1.29 is 4.57 Å². The molecule has 0 aliphatic rings. The van der Waals surface area contributed by atoms with E-state index in [1.807, 2.05) is 36.9 Å². The number of hydrogen-bond acceptors (Lipinski definition) is 2. The minimum atomic E-state index is 0.996. The summed E-state index contributed by atoms with van der Waals surface area (Å²) in [6.07, 6.45) is 40.2. The number of rotatable bonds is 20. The Labute approximate surface area is 231 Å². The third-order valence-corrected chi connectivity index (χ3v) is 7.02. The van der Waals surface area contributed by atoms with Crippen LogP contribution >= 0.6 is 0 Å². The van der Waals surface area contributed by atoms with Gasteiger partial charge < -0.3 is 0 Å². The van der Waals surface area contributed by atoms with E-state index in [1.54, 1.807) is 0 Å². The molecule has 38 heavy (non-hydrogen) atoms. The number of aryl methyl sites for hydroxylation is 3. The van der Waals surface area contributed by atoms with Crippen molar-refractivity contribution in [1.29, 1.82) is 0 Å². The van der Waals surface area contributed by atoms with E-state index in [1.165, 1.54) is 93.7 Å². The van der Waals surface area contributed by atoms with Crippen molar-refractivity contribution in [1.82, 2.24) is 9.97 Å². The fraction of sp³-hybridized carbons (Fsp3) is 0.457. The Kier molecular flexibility index (Phi) is 15.5. The first-order valence-electron chi connectivity index (χ1n) is 15.0. The number of nitrogens with zero attached hydrogens (tertiary/aromatic N) is 3. The summed E-state index contributed by atoms with van der Waals surface area (Å²) in [4.78, 5) is 8.35. The molecular formula is C35H48N3+. The molecule has 3 nitrogen and oxygen atoms in total. The molecule has 0 spiro atoms. The smallest absolute Gasteiger partial charge is 0.171 e. The molecule has 0 radical (unpaired) electrons. The summed E-state index contributed by atoms with van der Waals surface area (Å²) in [5.41, 5.74) is 4.10. The van der Waals surface area contributed by atoms with E-state index in [2.05, 4.69) is 75.5 Å². The fourth-order valence-corrected chi connectivity index (χ4v) is 4.78. The van der Waals surface area contributed by atoms with E-state index in [4.69, 9.17) is 0 Å². The van der Waals surface area contributed by atoms with Crippen molar-refractivity contribution >= 4 is 0 Å². The number of unbranched alkanes of at least 4 members (excludes halogenated alkanes) is 9. The summed E-state index contributed by atoms with van der Waals surface area (Å²) >= 11 is 0. The van der Waals surface area contributed by atoms with E-state index < -0.39 is 0 Å². The van der Waals surface area contributed by atoms with Gasteiger partial charge in [0.2, 0.25) is 0 Å². The molecule has 0 unspecified atom stereocenters. The van der Waals surface area contributed by atoms with Crippen molar-refractivity contribution in [2.45, 2.75) is 103 Å². The summed E-state index contributed by atoms with van der Waals surface area (Å²) in [7, 11) is 0. The van der Waals surface area contributed by atoms with Crippen molar-refractivity contribution in [2.75, 3.05) is 0 Å². The Hall–Kier alpha value is -3.07. The monoisotopic (exact) mass is 510 g/mol. The number of allylic oxidation sites excluding steroid dienone is 4. The molecule has 0 atom stereocenters. The maximum atomic E-state index is 4.18. The third kappa shape index (κ3) is 14.0. The van der Waals surface area contributed by atoms with E-state index in [0.29, 0.717) is 0 Å². The summed E-state index contributed by atoms with van der Waals surface area (Å²) in [5.74, 6) is 0. The highest BCUT2D eigenvalue weighted by Gasteiger charge is 2.03. The van der Waals surface area contributed by atoms with Crippen LogP contribution in [-0.2, 0) is 25.8 Å². The van der Waals surface area contributed by atoms with Crippen LogP contribution < -0.4 is 4.57 Å². The second kappa shape index (κ2) is 20.0. The molecule has 3 aromatic rings. The maximum absolute atomic E-state index is 4.18. The quantitative estimate of drug-likeness (QED) is 0.0865. The van der Waals surface area contributed by atoms with Gasteiger partial charge in [0.25, 0.3) is 0 Å². The third-order valence-electron chi connectivity index (χ3n) is 7.02. The van der Waals surface area contributed by atoms with Gasteiger partial charge in [0.15, 0.2) is 12.4 Å². The Morgan fingerprint density at radius 3 is 1.95 bits per heavy atom. The van der Waals surface area contributed by atoms with Crippen molar-refractivity contribution in [3.8, 4) is 0 Å². The topological polar surface area (TPSA) is 29.7 Å². The molecule has 3 aromatic heterocycles. The van der Waals surface area contributed by atoms with Crippen LogP contribution in [-0.4, -0.2) is 9.97 Å². The molecule has 0 aromatic carbocycles. The number of pyridine rings is 3. The zero-order chi connectivity index (χ0) is 26.4. The molecule has 0 aliphatic carbocycles. The molecule has 202 valence electrons. The lowest BCUT2D eigenvalue weighted by atomic mass is 10.1. The van der Waals surface area contributed by atoms with Gasteiger partial charge in [0.05, 0.1) is 0 Å². The lowest BCUT2D eigenvalue weighted by Gasteiger charge is -2.03. The lowest BCUT2D eigenvalue weighted by Crippen LogP contribution is -2.33. The van der Waals surface area contributed by atoms with Crippen LogP contribution in [0.1, 0.15) is 93.7 Å². The molecule has 0 saturated heterocycles. The molecule has 0 saturated carbocycles. The number of aromatic nitrogens is 3. The van der Waals surface area contributed by atoms with E-state index >= 15 is 0 Å². The summed E-state index contributed by atoms with van der Waals surface area (Å²) in [6.45, 7) is 1.14. The molecule has 0 aliphatic heterocycles. The van der Waals surface area contributed by atoms with Crippen molar-refractivity contribution in [2.24, 2.45) is 0 Å². The molecule has 0 N–H and O–H groups in total. The Balaban J connectivity index is 1.13. The molecule has 3 heteroatoms. The van der Waals surface area contributed by atoms with E-state index in [9.17, 15) is 0 Å². The van der Waals surface area contributed by atoms with Gasteiger partial charge >= 0.3 is 0 Å². The van der Waals surface area contributed by atoms with Crippen molar-refractivity contribution in [3.63, 3.8) is 0 Å². The van der Waals surface area contributed by atoms with Crippen LogP contribution in [0.4, 0.5) is 0 Å². The minimum Gasteiger partial charge on any atom is -0.264 e. The van der Waals surface area contributed by atoms with Crippen LogP contribution in [0.5, 0.6) is 0 Å². The number of hydrogen-bond donors (Lipinski definition) is 0. The van der Waals surface area contributed by atoms with E-state index in [0.717, 1.165) is 25.8 Å².